The first-order valence-corrected chi connectivity index (χ1v) is 9.52. The summed E-state index contributed by atoms with van der Waals surface area (Å²) in [6.07, 6.45) is 2.74. The number of hydrogen-bond acceptors (Lipinski definition) is 3. The van der Waals surface area contributed by atoms with Gasteiger partial charge in [-0.1, -0.05) is 18.2 Å². The van der Waals surface area contributed by atoms with E-state index in [0.717, 1.165) is 11.9 Å². The van der Waals surface area contributed by atoms with Gasteiger partial charge >= 0.3 is 0 Å². The molecule has 2 aromatic carbocycles. The Morgan fingerprint density at radius 2 is 1.71 bits per heavy atom. The summed E-state index contributed by atoms with van der Waals surface area (Å²) in [5, 5.41) is 4.13. The molecule has 2 heterocycles. The van der Waals surface area contributed by atoms with Crippen LogP contribution in [0.4, 0.5) is 0 Å². The Morgan fingerprint density at radius 3 is 2.50 bits per heavy atom. The van der Waals surface area contributed by atoms with Gasteiger partial charge in [0.15, 0.2) is 0 Å². The molecule has 0 saturated carbocycles. The predicted octanol–water partition coefficient (Wildman–Crippen LogP) is 2.61. The van der Waals surface area contributed by atoms with Gasteiger partial charge in [0.1, 0.15) is 0 Å². The summed E-state index contributed by atoms with van der Waals surface area (Å²) in [7, 11) is 0. The van der Waals surface area contributed by atoms with Crippen LogP contribution in [0.1, 0.15) is 26.3 Å². The van der Waals surface area contributed by atoms with Gasteiger partial charge in [0.05, 0.1) is 13.2 Å². The van der Waals surface area contributed by atoms with Crippen molar-refractivity contribution in [2.24, 2.45) is 0 Å². The number of carbonyl (C=O) groups excluding carboxylic acids is 2. The second-order valence-corrected chi connectivity index (χ2v) is 6.85. The number of benzene rings is 2. The normalized spacial score (nSPS) is 14.2. The van der Waals surface area contributed by atoms with Crippen molar-refractivity contribution in [2.75, 3.05) is 32.8 Å². The highest BCUT2D eigenvalue weighted by molar-refractivity contribution is 5.97. The second-order valence-electron chi connectivity index (χ2n) is 6.85. The van der Waals surface area contributed by atoms with E-state index in [9.17, 15) is 9.59 Å². The van der Waals surface area contributed by atoms with Gasteiger partial charge in [0, 0.05) is 47.9 Å². The zero-order chi connectivity index (χ0) is 19.3. The van der Waals surface area contributed by atoms with Crippen molar-refractivity contribution in [1.82, 2.24) is 15.2 Å². The van der Waals surface area contributed by atoms with Gasteiger partial charge in [0.2, 0.25) is 0 Å². The molecule has 144 valence electrons. The van der Waals surface area contributed by atoms with Gasteiger partial charge in [-0.15, -0.1) is 0 Å². The number of aromatic amines is 1. The molecule has 28 heavy (non-hydrogen) atoms. The van der Waals surface area contributed by atoms with Gasteiger partial charge in [-0.2, -0.15) is 0 Å². The average molecular weight is 377 g/mol. The smallest absolute Gasteiger partial charge is 0.254 e. The Bertz CT molecular complexity index is 972. The summed E-state index contributed by atoms with van der Waals surface area (Å²) in [4.78, 5) is 29.9. The molecule has 0 bridgehead atoms. The van der Waals surface area contributed by atoms with E-state index < -0.39 is 0 Å². The van der Waals surface area contributed by atoms with E-state index in [0.29, 0.717) is 44.0 Å². The van der Waals surface area contributed by atoms with E-state index in [-0.39, 0.29) is 11.8 Å². The fourth-order valence-electron chi connectivity index (χ4n) is 3.46. The largest absolute Gasteiger partial charge is 0.378 e. The minimum Gasteiger partial charge on any atom is -0.378 e. The quantitative estimate of drug-likeness (QED) is 0.718. The topological polar surface area (TPSA) is 74.4 Å². The van der Waals surface area contributed by atoms with Crippen LogP contribution in [0.25, 0.3) is 10.9 Å². The maximum Gasteiger partial charge on any atom is 0.254 e. The van der Waals surface area contributed by atoms with Crippen LogP contribution in [0, 0.1) is 0 Å². The number of fused-ring (bicyclic) bond motifs is 1. The molecule has 0 atom stereocenters. The highest BCUT2D eigenvalue weighted by atomic mass is 16.5. The number of amides is 2. The van der Waals surface area contributed by atoms with E-state index in [2.05, 4.69) is 16.4 Å². The number of rotatable bonds is 5. The van der Waals surface area contributed by atoms with Crippen LogP contribution in [0.15, 0.2) is 54.7 Å². The molecule has 1 aromatic heterocycles. The van der Waals surface area contributed by atoms with Crippen molar-refractivity contribution < 1.29 is 14.3 Å². The molecule has 3 aromatic rings. The van der Waals surface area contributed by atoms with Gasteiger partial charge in [0.25, 0.3) is 11.8 Å². The minimum atomic E-state index is -0.134. The number of carbonyl (C=O) groups is 2. The number of para-hydroxylation sites is 1. The van der Waals surface area contributed by atoms with Gasteiger partial charge in [-0.25, -0.2) is 0 Å². The minimum absolute atomic E-state index is 0.0189. The number of nitrogens with one attached hydrogen (secondary N) is 2. The molecular formula is C22H23N3O3. The van der Waals surface area contributed by atoms with Crippen molar-refractivity contribution in [3.05, 3.63) is 71.4 Å². The van der Waals surface area contributed by atoms with Crippen LogP contribution in [-0.2, 0) is 11.2 Å². The Hall–Kier alpha value is -3.12. The molecule has 2 N–H and O–H groups in total. The van der Waals surface area contributed by atoms with Crippen molar-refractivity contribution in [3.63, 3.8) is 0 Å². The number of ether oxygens (including phenoxy) is 1. The van der Waals surface area contributed by atoms with E-state index in [1.807, 2.05) is 24.4 Å². The molecule has 1 fully saturated rings. The third kappa shape index (κ3) is 3.92. The molecule has 2 amide bonds. The number of morpholine rings is 1. The SMILES string of the molecule is O=C(NCCc1c[nH]c2ccccc12)c1ccc(C(=O)N2CCOCC2)cc1. The van der Waals surface area contributed by atoms with E-state index in [1.165, 1.54) is 10.9 Å². The Labute approximate surface area is 163 Å². The molecule has 6 nitrogen and oxygen atoms in total. The average Bonchev–Trinajstić information content (AvgIpc) is 3.17. The Kier molecular flexibility index (Phi) is 5.39. The number of H-pyrrole nitrogens is 1. The molecule has 0 aliphatic carbocycles. The van der Waals surface area contributed by atoms with Gasteiger partial charge < -0.3 is 19.9 Å². The zero-order valence-corrected chi connectivity index (χ0v) is 15.6. The van der Waals surface area contributed by atoms with E-state index >= 15 is 0 Å². The first-order chi connectivity index (χ1) is 13.7. The van der Waals surface area contributed by atoms with Gasteiger partial charge in [-0.3, -0.25) is 9.59 Å². The molecule has 1 aliphatic heterocycles. The van der Waals surface area contributed by atoms with Gasteiger partial charge in [-0.05, 0) is 42.3 Å². The molecule has 4 rings (SSSR count). The molecule has 1 saturated heterocycles. The summed E-state index contributed by atoms with van der Waals surface area (Å²) in [5.41, 5.74) is 3.43. The molecule has 0 radical (unpaired) electrons. The summed E-state index contributed by atoms with van der Waals surface area (Å²) < 4.78 is 5.28. The predicted molar refractivity (Wildman–Crippen MR) is 108 cm³/mol. The van der Waals surface area contributed by atoms with Crippen LogP contribution in [-0.4, -0.2) is 54.5 Å². The lowest BCUT2D eigenvalue weighted by molar-refractivity contribution is 0.0303. The third-order valence-corrected chi connectivity index (χ3v) is 5.05. The van der Waals surface area contributed by atoms with Crippen molar-refractivity contribution in [3.8, 4) is 0 Å². The number of nitrogens with zero attached hydrogens (tertiary/aromatic N) is 1. The summed E-state index contributed by atoms with van der Waals surface area (Å²) >= 11 is 0. The van der Waals surface area contributed by atoms with Crippen LogP contribution >= 0.6 is 0 Å². The van der Waals surface area contributed by atoms with Crippen LogP contribution < -0.4 is 5.32 Å². The summed E-state index contributed by atoms with van der Waals surface area (Å²) in [6, 6.07) is 15.0. The highest BCUT2D eigenvalue weighted by Crippen LogP contribution is 2.17. The van der Waals surface area contributed by atoms with Crippen LogP contribution in [0.5, 0.6) is 0 Å². The fourth-order valence-corrected chi connectivity index (χ4v) is 3.46. The lowest BCUT2D eigenvalue weighted by Gasteiger charge is -2.26. The Balaban J connectivity index is 1.32. The maximum absolute atomic E-state index is 12.5. The fraction of sp³-hybridized carbons (Fsp3) is 0.273. The number of hydrogen-bond donors (Lipinski definition) is 2. The number of aromatic nitrogens is 1. The summed E-state index contributed by atoms with van der Waals surface area (Å²) in [6.45, 7) is 2.91. The monoisotopic (exact) mass is 377 g/mol. The van der Waals surface area contributed by atoms with Crippen molar-refractivity contribution >= 4 is 22.7 Å². The Morgan fingerprint density at radius 1 is 1.00 bits per heavy atom. The van der Waals surface area contributed by atoms with Crippen molar-refractivity contribution in [1.29, 1.82) is 0 Å². The first kappa shape index (κ1) is 18.3. The lowest BCUT2D eigenvalue weighted by atomic mass is 10.1. The lowest BCUT2D eigenvalue weighted by Crippen LogP contribution is -2.40. The summed E-state index contributed by atoms with van der Waals surface area (Å²) in [5.74, 6) is -0.153. The molecule has 1 aliphatic rings. The van der Waals surface area contributed by atoms with Crippen molar-refractivity contribution in [2.45, 2.75) is 6.42 Å². The third-order valence-electron chi connectivity index (χ3n) is 5.05. The second kappa shape index (κ2) is 8.27. The molecule has 0 spiro atoms. The van der Waals surface area contributed by atoms with E-state index in [1.54, 1.807) is 29.2 Å². The maximum atomic E-state index is 12.5. The van der Waals surface area contributed by atoms with Crippen LogP contribution in [0.3, 0.4) is 0 Å². The molecule has 6 heteroatoms. The van der Waals surface area contributed by atoms with E-state index in [4.69, 9.17) is 4.74 Å². The standard InChI is InChI=1S/C22H23N3O3/c26-21(23-10-9-18-15-24-20-4-2-1-3-19(18)20)16-5-7-17(8-6-16)22(27)25-11-13-28-14-12-25/h1-8,15,24H,9-14H2,(H,23,26). The zero-order valence-electron chi connectivity index (χ0n) is 15.6. The highest BCUT2D eigenvalue weighted by Gasteiger charge is 2.18. The first-order valence-electron chi connectivity index (χ1n) is 9.52. The van der Waals surface area contributed by atoms with Crippen LogP contribution in [0.2, 0.25) is 0 Å². The molecule has 0 unspecified atom stereocenters. The molecular weight excluding hydrogens is 354 g/mol.